The maximum absolute atomic E-state index is 6.52. The molecule has 0 nitrogen and oxygen atoms in total. The van der Waals surface area contributed by atoms with E-state index in [1.165, 1.54) is 66.8 Å². The van der Waals surface area contributed by atoms with Gasteiger partial charge in [0.05, 0.1) is 0 Å². The molecule has 4 aliphatic rings. The van der Waals surface area contributed by atoms with Gasteiger partial charge in [-0.1, -0.05) is 0 Å². The molecule has 0 bridgehead atoms. The molecular formula is C50H52Cl4Zr. The van der Waals surface area contributed by atoms with Crippen LogP contribution in [-0.2, 0) is 30.1 Å². The maximum Gasteiger partial charge on any atom is -1.00 e. The predicted molar refractivity (Wildman–Crippen MR) is 230 cm³/mol. The molecule has 4 aliphatic carbocycles. The zero-order valence-electron chi connectivity index (χ0n) is 33.8. The molecular weight excluding hydrogens is 834 g/mol. The summed E-state index contributed by atoms with van der Waals surface area (Å²) in [5.74, 6) is 0. The van der Waals surface area contributed by atoms with Gasteiger partial charge in [-0.25, -0.2) is 0 Å². The fourth-order valence-corrected chi connectivity index (χ4v) is 22.2. The molecule has 284 valence electrons. The second-order valence-corrected chi connectivity index (χ2v) is 29.0. The smallest absolute Gasteiger partial charge is 1.00 e. The molecule has 0 spiro atoms. The van der Waals surface area contributed by atoms with Crippen molar-refractivity contribution in [3.63, 3.8) is 0 Å². The molecule has 0 N–H and O–H groups in total. The summed E-state index contributed by atoms with van der Waals surface area (Å²) >= 11 is 9.08. The van der Waals surface area contributed by atoms with Crippen LogP contribution >= 0.6 is 23.2 Å². The Morgan fingerprint density at radius 3 is 1.35 bits per heavy atom. The topological polar surface area (TPSA) is 0 Å². The SMILES string of the molecule is CC(C)(C)C1=CC(C)(C)c2cc3c(cc21)-c1cc2c(cc1[CH]3[Zr+2](=[CH]c1ccc(Cl)cc1)(=[CH]c1ccc(Cl)cc1)[C]1=CC=CC1)C(C)(C)C=C2C(C)(C)C.[Cl-].[Cl-]. The number of halogens is 4. The van der Waals surface area contributed by atoms with E-state index in [1.807, 2.05) is 24.3 Å². The fraction of sp³-hybridized carbons (Fsp3) is 0.320. The van der Waals surface area contributed by atoms with Gasteiger partial charge < -0.3 is 24.8 Å². The maximum atomic E-state index is 6.52. The second kappa shape index (κ2) is 14.5. The van der Waals surface area contributed by atoms with Gasteiger partial charge in [0.15, 0.2) is 0 Å². The van der Waals surface area contributed by atoms with Crippen molar-refractivity contribution >= 4 is 41.8 Å². The predicted octanol–water partition coefficient (Wildman–Crippen LogP) is 8.21. The van der Waals surface area contributed by atoms with Crippen LogP contribution < -0.4 is 24.8 Å². The Labute approximate surface area is 356 Å². The molecule has 5 heteroatoms. The van der Waals surface area contributed by atoms with Crippen LogP contribution in [0.3, 0.4) is 0 Å². The first-order valence-electron chi connectivity index (χ1n) is 19.2. The van der Waals surface area contributed by atoms with Crippen molar-refractivity contribution in [1.82, 2.24) is 0 Å². The van der Waals surface area contributed by atoms with E-state index in [1.54, 1.807) is 3.28 Å². The quantitative estimate of drug-likeness (QED) is 0.194. The molecule has 0 heterocycles. The first-order chi connectivity index (χ1) is 24.8. The van der Waals surface area contributed by atoms with Gasteiger partial charge in [0.2, 0.25) is 0 Å². The van der Waals surface area contributed by atoms with E-state index in [2.05, 4.69) is 156 Å². The summed E-state index contributed by atoms with van der Waals surface area (Å²) in [5.41, 5.74) is 16.9. The summed E-state index contributed by atoms with van der Waals surface area (Å²) in [7, 11) is 0. The van der Waals surface area contributed by atoms with Crippen LogP contribution in [0.1, 0.15) is 124 Å². The molecule has 0 fully saturated rings. The summed E-state index contributed by atoms with van der Waals surface area (Å²) < 4.78 is 7.29. The van der Waals surface area contributed by atoms with Crippen LogP contribution in [0.25, 0.3) is 22.3 Å². The number of allylic oxidation sites excluding steroid dienone is 8. The average Bonchev–Trinajstić information content (AvgIpc) is 3.84. The van der Waals surface area contributed by atoms with E-state index in [-0.39, 0.29) is 50.1 Å². The zero-order chi connectivity index (χ0) is 37.9. The van der Waals surface area contributed by atoms with Crippen LogP contribution in [0.4, 0.5) is 0 Å². The van der Waals surface area contributed by atoms with E-state index in [0.717, 1.165) is 16.5 Å². The molecule has 0 radical (unpaired) electrons. The number of hydrogen-bond acceptors (Lipinski definition) is 0. The van der Waals surface area contributed by atoms with Gasteiger partial charge in [-0.3, -0.25) is 0 Å². The van der Waals surface area contributed by atoms with Gasteiger partial charge in [-0.05, 0) is 0 Å². The largest absolute Gasteiger partial charge is 1.00 e. The number of benzene rings is 4. The van der Waals surface area contributed by atoms with Gasteiger partial charge in [-0.2, -0.15) is 0 Å². The first kappa shape index (κ1) is 42.2. The Hall–Kier alpha value is -2.38. The Balaban J connectivity index is 0.00000257. The molecule has 0 aliphatic heterocycles. The van der Waals surface area contributed by atoms with Gasteiger partial charge in [0.25, 0.3) is 0 Å². The third-order valence-corrected chi connectivity index (χ3v) is 24.3. The minimum Gasteiger partial charge on any atom is -1.00 e. The average molecular weight is 886 g/mol. The van der Waals surface area contributed by atoms with Crippen molar-refractivity contribution in [2.24, 2.45) is 10.8 Å². The molecule has 8 rings (SSSR count). The molecule has 0 amide bonds. The van der Waals surface area contributed by atoms with Gasteiger partial charge in [-0.15, -0.1) is 0 Å². The minimum atomic E-state index is -3.95. The van der Waals surface area contributed by atoms with E-state index in [0.29, 0.717) is 0 Å². The fourth-order valence-electron chi connectivity index (χ4n) is 9.66. The molecule has 0 unspecified atom stereocenters. The number of rotatable bonds is 4. The van der Waals surface area contributed by atoms with Gasteiger partial charge in [0, 0.05) is 0 Å². The van der Waals surface area contributed by atoms with Crippen molar-refractivity contribution in [3.8, 4) is 11.1 Å². The van der Waals surface area contributed by atoms with Crippen LogP contribution in [0.5, 0.6) is 0 Å². The second-order valence-electron chi connectivity index (χ2n) is 19.1. The Kier molecular flexibility index (Phi) is 11.1. The third-order valence-electron chi connectivity index (χ3n) is 12.2. The van der Waals surface area contributed by atoms with Crippen molar-refractivity contribution in [2.75, 3.05) is 0 Å². The molecule has 4 aromatic rings. The van der Waals surface area contributed by atoms with Crippen molar-refractivity contribution in [3.05, 3.63) is 161 Å². The van der Waals surface area contributed by atoms with Crippen molar-refractivity contribution < 1.29 is 44.1 Å². The van der Waals surface area contributed by atoms with Gasteiger partial charge >= 0.3 is 334 Å². The summed E-state index contributed by atoms with van der Waals surface area (Å²) in [6.07, 6.45) is 13.2. The molecule has 0 atom stereocenters. The van der Waals surface area contributed by atoms with Crippen molar-refractivity contribution in [2.45, 2.75) is 90.1 Å². The Morgan fingerprint density at radius 2 is 1.00 bits per heavy atom. The van der Waals surface area contributed by atoms with Crippen LogP contribution in [-0.4, -0.2) is 7.42 Å². The van der Waals surface area contributed by atoms with Crippen molar-refractivity contribution in [1.29, 1.82) is 0 Å². The Morgan fingerprint density at radius 1 is 0.600 bits per heavy atom. The van der Waals surface area contributed by atoms with Crippen LogP contribution in [0, 0.1) is 10.8 Å². The zero-order valence-corrected chi connectivity index (χ0v) is 39.2. The summed E-state index contributed by atoms with van der Waals surface area (Å²) in [6.45, 7) is 23.8. The number of hydrogen-bond donors (Lipinski definition) is 0. The summed E-state index contributed by atoms with van der Waals surface area (Å²) in [5, 5.41) is 1.53. The molecule has 55 heavy (non-hydrogen) atoms. The van der Waals surface area contributed by atoms with E-state index < -0.39 is 19.3 Å². The Bertz CT molecular complexity index is 2310. The van der Waals surface area contributed by atoms with E-state index in [4.69, 9.17) is 23.2 Å². The summed E-state index contributed by atoms with van der Waals surface area (Å²) in [4.78, 5) is 0. The van der Waals surface area contributed by atoms with Crippen LogP contribution in [0.2, 0.25) is 10.0 Å². The standard InChI is InChI=1S/C31H37.2C7H5Cl.C5H5.2ClH.Zr/c1-28(2,3)26-16-30(7,8)24-12-18-11-19-13-25-23(15-21(19)20(18)14-22(24)26)27(29(4,5)6)17-31(25,9)10;2*1-6-2-4-7(8)5-3-6;1-2-4-5-3-1;;;/h11-17H,1-10H3;2*1-5H;1-3H,4H2;2*1H;/q;;;;;;+2/p-2. The van der Waals surface area contributed by atoms with E-state index >= 15 is 0 Å². The minimum absolute atomic E-state index is 0. The first-order valence-corrected chi connectivity index (χ1v) is 25.5. The van der Waals surface area contributed by atoms with Crippen LogP contribution in [0.15, 0.2) is 106 Å². The number of fused-ring (bicyclic) bond motifs is 5. The molecule has 0 saturated heterocycles. The molecule has 4 aromatic carbocycles. The summed E-state index contributed by atoms with van der Waals surface area (Å²) in [6, 6.07) is 27.6. The molecule has 0 saturated carbocycles. The molecule has 0 aromatic heterocycles. The van der Waals surface area contributed by atoms with Gasteiger partial charge in [0.1, 0.15) is 0 Å². The normalized spacial score (nSPS) is 17.0. The van der Waals surface area contributed by atoms with E-state index in [9.17, 15) is 0 Å². The monoisotopic (exact) mass is 882 g/mol. The third kappa shape index (κ3) is 7.23.